The van der Waals surface area contributed by atoms with E-state index in [-0.39, 0.29) is 12.0 Å². The molecule has 1 heterocycles. The fraction of sp³-hybridized carbons (Fsp3) is 0.429. The summed E-state index contributed by atoms with van der Waals surface area (Å²) in [5.41, 5.74) is 0.440. The number of hydrogen-bond donors (Lipinski definition) is 1. The lowest BCUT2D eigenvalue weighted by Crippen LogP contribution is -2.35. The number of ether oxygens (including phenoxy) is 3. The Kier molecular flexibility index (Phi) is 4.86. The van der Waals surface area contributed by atoms with Crippen LogP contribution < -0.4 is 14.8 Å². The van der Waals surface area contributed by atoms with Gasteiger partial charge in [0.05, 0.1) is 20.8 Å². The molecule has 1 aliphatic rings. The highest BCUT2D eigenvalue weighted by Gasteiger charge is 2.21. The van der Waals surface area contributed by atoms with Crippen molar-refractivity contribution in [2.45, 2.75) is 0 Å². The van der Waals surface area contributed by atoms with Gasteiger partial charge in [-0.2, -0.15) is 0 Å². The van der Waals surface area contributed by atoms with Crippen LogP contribution >= 0.6 is 0 Å². The number of methoxy groups -OCH3 is 2. The van der Waals surface area contributed by atoms with Gasteiger partial charge in [0, 0.05) is 24.7 Å². The van der Waals surface area contributed by atoms with Crippen LogP contribution in [0.4, 0.5) is 4.79 Å². The number of cyclic esters (lactones) is 1. The normalized spacial score (nSPS) is 13.8. The van der Waals surface area contributed by atoms with Crippen LogP contribution in [0.25, 0.3) is 0 Å². The third-order valence-corrected chi connectivity index (χ3v) is 3.13. The molecule has 0 aromatic heterocycles. The van der Waals surface area contributed by atoms with Crippen LogP contribution in [0.2, 0.25) is 0 Å². The molecule has 0 bridgehead atoms. The molecule has 1 aromatic rings. The van der Waals surface area contributed by atoms with Gasteiger partial charge in [-0.3, -0.25) is 4.79 Å². The van der Waals surface area contributed by atoms with Crippen molar-refractivity contribution in [3.8, 4) is 11.5 Å². The van der Waals surface area contributed by atoms with Crippen LogP contribution in [-0.2, 0) is 4.74 Å². The minimum absolute atomic E-state index is 0.250. The largest absolute Gasteiger partial charge is 0.497 e. The SMILES string of the molecule is COc1cc(OC)cc(C(=O)NCCN2CCOC2=O)c1. The van der Waals surface area contributed by atoms with Gasteiger partial charge in [-0.15, -0.1) is 0 Å². The number of hydrogen-bond acceptors (Lipinski definition) is 5. The molecule has 1 saturated heterocycles. The van der Waals surface area contributed by atoms with Crippen LogP contribution in [-0.4, -0.2) is 57.4 Å². The molecule has 0 unspecified atom stereocenters. The van der Waals surface area contributed by atoms with Crippen molar-refractivity contribution < 1.29 is 23.8 Å². The first-order valence-corrected chi connectivity index (χ1v) is 6.57. The maximum atomic E-state index is 12.1. The van der Waals surface area contributed by atoms with Gasteiger partial charge in [-0.1, -0.05) is 0 Å². The number of rotatable bonds is 6. The molecule has 0 radical (unpaired) electrons. The highest BCUT2D eigenvalue weighted by Crippen LogP contribution is 2.22. The van der Waals surface area contributed by atoms with Crippen LogP contribution in [0.3, 0.4) is 0 Å². The first-order valence-electron chi connectivity index (χ1n) is 6.57. The fourth-order valence-corrected chi connectivity index (χ4v) is 1.97. The van der Waals surface area contributed by atoms with Crippen molar-refractivity contribution in [3.05, 3.63) is 23.8 Å². The summed E-state index contributed by atoms with van der Waals surface area (Å²) in [6.07, 6.45) is -0.340. The van der Waals surface area contributed by atoms with E-state index in [1.165, 1.54) is 14.2 Å². The summed E-state index contributed by atoms with van der Waals surface area (Å²) >= 11 is 0. The third-order valence-electron chi connectivity index (χ3n) is 3.13. The van der Waals surface area contributed by atoms with Gasteiger partial charge in [0.2, 0.25) is 0 Å². The summed E-state index contributed by atoms with van der Waals surface area (Å²) in [7, 11) is 3.05. The summed E-state index contributed by atoms with van der Waals surface area (Å²) in [5.74, 6) is 0.838. The minimum Gasteiger partial charge on any atom is -0.497 e. The van der Waals surface area contributed by atoms with Gasteiger partial charge in [0.1, 0.15) is 18.1 Å². The average molecular weight is 294 g/mol. The number of amides is 2. The second-order valence-electron chi connectivity index (χ2n) is 4.46. The predicted molar refractivity (Wildman–Crippen MR) is 74.8 cm³/mol. The molecular weight excluding hydrogens is 276 g/mol. The van der Waals surface area contributed by atoms with Crippen LogP contribution in [0.15, 0.2) is 18.2 Å². The van der Waals surface area contributed by atoms with Crippen molar-refractivity contribution in [1.29, 1.82) is 0 Å². The molecule has 1 N–H and O–H groups in total. The Balaban J connectivity index is 1.92. The van der Waals surface area contributed by atoms with Crippen molar-refractivity contribution >= 4 is 12.0 Å². The predicted octanol–water partition coefficient (Wildman–Crippen LogP) is 0.886. The smallest absolute Gasteiger partial charge is 0.409 e. The molecule has 0 atom stereocenters. The first-order chi connectivity index (χ1) is 10.1. The van der Waals surface area contributed by atoms with E-state index in [1.807, 2.05) is 0 Å². The van der Waals surface area contributed by atoms with Crippen molar-refractivity contribution in [3.63, 3.8) is 0 Å². The van der Waals surface area contributed by atoms with Crippen LogP contribution in [0.5, 0.6) is 11.5 Å². The molecule has 0 spiro atoms. The van der Waals surface area contributed by atoms with E-state index < -0.39 is 0 Å². The lowest BCUT2D eigenvalue weighted by molar-refractivity contribution is 0.0948. The Morgan fingerprint density at radius 3 is 2.48 bits per heavy atom. The van der Waals surface area contributed by atoms with Gasteiger partial charge in [0.15, 0.2) is 0 Å². The Bertz CT molecular complexity index is 510. The summed E-state index contributed by atoms with van der Waals surface area (Å²) in [6.45, 7) is 1.74. The Hall–Kier alpha value is -2.44. The lowest BCUT2D eigenvalue weighted by Gasteiger charge is -2.13. The van der Waals surface area contributed by atoms with Gasteiger partial charge < -0.3 is 24.4 Å². The third kappa shape index (κ3) is 3.77. The van der Waals surface area contributed by atoms with E-state index in [4.69, 9.17) is 14.2 Å². The molecular formula is C14H18N2O5. The van der Waals surface area contributed by atoms with Crippen molar-refractivity contribution in [1.82, 2.24) is 10.2 Å². The maximum absolute atomic E-state index is 12.1. The van der Waals surface area contributed by atoms with Gasteiger partial charge in [0.25, 0.3) is 5.91 Å². The molecule has 7 nitrogen and oxygen atoms in total. The molecule has 2 rings (SSSR count). The summed E-state index contributed by atoms with van der Waals surface area (Å²) < 4.78 is 15.0. The first kappa shape index (κ1) is 15.0. The highest BCUT2D eigenvalue weighted by molar-refractivity contribution is 5.95. The number of nitrogens with one attached hydrogen (secondary N) is 1. The molecule has 2 amide bonds. The zero-order valence-corrected chi connectivity index (χ0v) is 12.0. The van der Waals surface area contributed by atoms with Crippen LogP contribution in [0, 0.1) is 0 Å². The summed E-state index contributed by atoms with van der Waals surface area (Å²) in [6, 6.07) is 4.95. The van der Waals surface area contributed by atoms with Crippen molar-refractivity contribution in [2.75, 3.05) is 40.5 Å². The Morgan fingerprint density at radius 2 is 1.95 bits per heavy atom. The zero-order valence-electron chi connectivity index (χ0n) is 12.0. The minimum atomic E-state index is -0.340. The highest BCUT2D eigenvalue weighted by atomic mass is 16.6. The van der Waals surface area contributed by atoms with E-state index >= 15 is 0 Å². The van der Waals surface area contributed by atoms with E-state index in [2.05, 4.69) is 5.32 Å². The lowest BCUT2D eigenvalue weighted by atomic mass is 10.2. The standard InChI is InChI=1S/C14H18N2O5/c1-19-11-7-10(8-12(9-11)20-2)13(17)15-3-4-16-5-6-21-14(16)18/h7-9H,3-6H2,1-2H3,(H,15,17). The second kappa shape index (κ2) is 6.83. The molecule has 21 heavy (non-hydrogen) atoms. The monoisotopic (exact) mass is 294 g/mol. The van der Waals surface area contributed by atoms with Gasteiger partial charge in [-0.25, -0.2) is 4.79 Å². The van der Waals surface area contributed by atoms with Crippen molar-refractivity contribution in [2.24, 2.45) is 0 Å². The molecule has 1 fully saturated rings. The second-order valence-corrected chi connectivity index (χ2v) is 4.46. The van der Waals surface area contributed by atoms with E-state index in [1.54, 1.807) is 23.1 Å². The van der Waals surface area contributed by atoms with E-state index in [0.717, 1.165) is 0 Å². The van der Waals surface area contributed by atoms with Gasteiger partial charge in [-0.05, 0) is 12.1 Å². The topological polar surface area (TPSA) is 77.1 Å². The molecule has 0 saturated carbocycles. The van der Waals surface area contributed by atoms with Crippen LogP contribution in [0.1, 0.15) is 10.4 Å². The Morgan fingerprint density at radius 1 is 1.29 bits per heavy atom. The number of benzene rings is 1. The molecule has 1 aromatic carbocycles. The van der Waals surface area contributed by atoms with E-state index in [0.29, 0.717) is 43.3 Å². The number of nitrogens with zero attached hydrogens (tertiary/aromatic N) is 1. The Labute approximate surface area is 122 Å². The fourth-order valence-electron chi connectivity index (χ4n) is 1.97. The molecule has 0 aliphatic carbocycles. The molecule has 7 heteroatoms. The van der Waals surface area contributed by atoms with E-state index in [9.17, 15) is 9.59 Å². The quantitative estimate of drug-likeness (QED) is 0.843. The maximum Gasteiger partial charge on any atom is 0.409 e. The number of carbonyl (C=O) groups is 2. The average Bonchev–Trinajstić information content (AvgIpc) is 2.92. The zero-order chi connectivity index (χ0) is 15.2. The van der Waals surface area contributed by atoms with Gasteiger partial charge >= 0.3 is 6.09 Å². The number of carbonyl (C=O) groups excluding carboxylic acids is 2. The molecule has 114 valence electrons. The summed E-state index contributed by atoms with van der Waals surface area (Å²) in [4.78, 5) is 24.9. The summed E-state index contributed by atoms with van der Waals surface area (Å²) in [5, 5.41) is 2.75. The molecule has 1 aliphatic heterocycles.